The summed E-state index contributed by atoms with van der Waals surface area (Å²) in [6.45, 7) is 8.13. The summed E-state index contributed by atoms with van der Waals surface area (Å²) in [5.41, 5.74) is 4.46. The van der Waals surface area contributed by atoms with Crippen molar-refractivity contribution in [3.63, 3.8) is 0 Å². The highest BCUT2D eigenvalue weighted by molar-refractivity contribution is 7.92. The number of nitrogens with one attached hydrogen (secondary N) is 1. The lowest BCUT2D eigenvalue weighted by Gasteiger charge is -2.23. The molecule has 0 aliphatic heterocycles. The highest BCUT2D eigenvalue weighted by Gasteiger charge is 2.19. The van der Waals surface area contributed by atoms with Crippen molar-refractivity contribution in [3.8, 4) is 0 Å². The SMILES string of the molecule is Cc1cccc(C)c1NC(=O)CCN(c1ccc(C(C)C)cc1)S(C)(=O)=O. The van der Waals surface area contributed by atoms with Crippen LogP contribution in [0.25, 0.3) is 0 Å². The van der Waals surface area contributed by atoms with Gasteiger partial charge in [-0.15, -0.1) is 0 Å². The molecule has 0 radical (unpaired) electrons. The molecule has 0 fully saturated rings. The molecule has 0 unspecified atom stereocenters. The van der Waals surface area contributed by atoms with Crippen molar-refractivity contribution >= 4 is 27.3 Å². The quantitative estimate of drug-likeness (QED) is 0.772. The molecular formula is C21H28N2O3S. The van der Waals surface area contributed by atoms with Crippen LogP contribution in [0, 0.1) is 13.8 Å². The van der Waals surface area contributed by atoms with Crippen molar-refractivity contribution in [1.29, 1.82) is 0 Å². The minimum absolute atomic E-state index is 0.0762. The van der Waals surface area contributed by atoms with E-state index in [0.29, 0.717) is 11.6 Å². The van der Waals surface area contributed by atoms with E-state index in [9.17, 15) is 13.2 Å². The van der Waals surface area contributed by atoms with Crippen molar-refractivity contribution in [2.24, 2.45) is 0 Å². The number of benzene rings is 2. The van der Waals surface area contributed by atoms with Crippen LogP contribution in [0.4, 0.5) is 11.4 Å². The number of hydrogen-bond donors (Lipinski definition) is 1. The summed E-state index contributed by atoms with van der Waals surface area (Å²) in [7, 11) is -3.48. The number of rotatable bonds is 7. The van der Waals surface area contributed by atoms with E-state index in [1.165, 1.54) is 4.31 Å². The van der Waals surface area contributed by atoms with Gasteiger partial charge in [0.15, 0.2) is 0 Å². The molecule has 0 spiro atoms. The largest absolute Gasteiger partial charge is 0.326 e. The van der Waals surface area contributed by atoms with Crippen molar-refractivity contribution in [2.45, 2.75) is 40.0 Å². The maximum atomic E-state index is 12.4. The van der Waals surface area contributed by atoms with Crippen LogP contribution in [0.3, 0.4) is 0 Å². The van der Waals surface area contributed by atoms with Crippen LogP contribution in [-0.2, 0) is 14.8 Å². The normalized spacial score (nSPS) is 11.5. The number of aryl methyl sites for hydroxylation is 2. The highest BCUT2D eigenvalue weighted by atomic mass is 32.2. The number of nitrogens with zero attached hydrogens (tertiary/aromatic N) is 1. The van der Waals surface area contributed by atoms with Gasteiger partial charge in [0.2, 0.25) is 15.9 Å². The van der Waals surface area contributed by atoms with E-state index in [4.69, 9.17) is 0 Å². The van der Waals surface area contributed by atoms with Gasteiger partial charge in [0.05, 0.1) is 11.9 Å². The van der Waals surface area contributed by atoms with Crippen molar-refractivity contribution in [3.05, 3.63) is 59.2 Å². The Hall–Kier alpha value is -2.34. The monoisotopic (exact) mass is 388 g/mol. The van der Waals surface area contributed by atoms with E-state index in [0.717, 1.165) is 28.6 Å². The van der Waals surface area contributed by atoms with Gasteiger partial charge in [-0.05, 0) is 48.6 Å². The minimum atomic E-state index is -3.48. The molecule has 0 saturated heterocycles. The molecule has 1 amide bonds. The fourth-order valence-corrected chi connectivity index (χ4v) is 3.86. The van der Waals surface area contributed by atoms with Crippen LogP contribution in [0.15, 0.2) is 42.5 Å². The summed E-state index contributed by atoms with van der Waals surface area (Å²) < 4.78 is 25.7. The molecule has 0 atom stereocenters. The lowest BCUT2D eigenvalue weighted by atomic mass is 10.0. The predicted octanol–water partition coefficient (Wildman–Crippen LogP) is 4.22. The number of sulfonamides is 1. The molecule has 27 heavy (non-hydrogen) atoms. The summed E-state index contributed by atoms with van der Waals surface area (Å²) in [6, 6.07) is 13.2. The van der Waals surface area contributed by atoms with E-state index in [1.807, 2.05) is 44.2 Å². The number of carbonyl (C=O) groups is 1. The van der Waals surface area contributed by atoms with E-state index in [-0.39, 0.29) is 18.9 Å². The fourth-order valence-electron chi connectivity index (χ4n) is 2.93. The van der Waals surface area contributed by atoms with Gasteiger partial charge >= 0.3 is 0 Å². The summed E-state index contributed by atoms with van der Waals surface area (Å²) in [4.78, 5) is 12.4. The Morgan fingerprint density at radius 3 is 2.07 bits per heavy atom. The molecule has 146 valence electrons. The lowest BCUT2D eigenvalue weighted by molar-refractivity contribution is -0.116. The molecule has 6 heteroatoms. The summed E-state index contributed by atoms with van der Waals surface area (Å²) in [5, 5.41) is 2.90. The van der Waals surface area contributed by atoms with Crippen LogP contribution in [-0.4, -0.2) is 27.1 Å². The van der Waals surface area contributed by atoms with Gasteiger partial charge in [0.25, 0.3) is 0 Å². The Labute approximate surface area is 162 Å². The minimum Gasteiger partial charge on any atom is -0.326 e. The molecule has 0 saturated carbocycles. The van der Waals surface area contributed by atoms with Crippen LogP contribution in [0.1, 0.15) is 42.9 Å². The van der Waals surface area contributed by atoms with Gasteiger partial charge in [-0.25, -0.2) is 8.42 Å². The zero-order valence-electron chi connectivity index (χ0n) is 16.6. The Balaban J connectivity index is 2.12. The first kappa shape index (κ1) is 21.0. The van der Waals surface area contributed by atoms with Gasteiger partial charge in [-0.1, -0.05) is 44.2 Å². The molecule has 0 heterocycles. The Kier molecular flexibility index (Phi) is 6.65. The first-order valence-electron chi connectivity index (χ1n) is 9.03. The van der Waals surface area contributed by atoms with Crippen molar-refractivity contribution in [1.82, 2.24) is 0 Å². The lowest BCUT2D eigenvalue weighted by Crippen LogP contribution is -2.33. The second kappa shape index (κ2) is 8.57. The van der Waals surface area contributed by atoms with E-state index in [1.54, 1.807) is 12.1 Å². The van der Waals surface area contributed by atoms with Crippen molar-refractivity contribution in [2.75, 3.05) is 22.4 Å². The number of anilines is 2. The molecule has 0 bridgehead atoms. The molecule has 2 aromatic carbocycles. The second-order valence-electron chi connectivity index (χ2n) is 7.15. The Bertz CT molecular complexity index is 883. The maximum absolute atomic E-state index is 12.4. The zero-order chi connectivity index (χ0) is 20.2. The van der Waals surface area contributed by atoms with Gasteiger partial charge in [0.1, 0.15) is 0 Å². The Morgan fingerprint density at radius 2 is 1.59 bits per heavy atom. The molecule has 0 aliphatic carbocycles. The molecular weight excluding hydrogens is 360 g/mol. The van der Waals surface area contributed by atoms with Gasteiger partial charge in [-0.3, -0.25) is 9.10 Å². The topological polar surface area (TPSA) is 66.5 Å². The van der Waals surface area contributed by atoms with E-state index in [2.05, 4.69) is 19.2 Å². The average molecular weight is 389 g/mol. The first-order valence-corrected chi connectivity index (χ1v) is 10.9. The zero-order valence-corrected chi connectivity index (χ0v) is 17.4. The van der Waals surface area contributed by atoms with E-state index >= 15 is 0 Å². The summed E-state index contributed by atoms with van der Waals surface area (Å²) in [6.07, 6.45) is 1.24. The Morgan fingerprint density at radius 1 is 1.04 bits per heavy atom. The van der Waals surface area contributed by atoms with Crippen molar-refractivity contribution < 1.29 is 13.2 Å². The van der Waals surface area contributed by atoms with Crippen LogP contribution in [0.2, 0.25) is 0 Å². The third kappa shape index (κ3) is 5.57. The highest BCUT2D eigenvalue weighted by Crippen LogP contribution is 2.23. The third-order valence-electron chi connectivity index (χ3n) is 4.54. The average Bonchev–Trinajstić information content (AvgIpc) is 2.57. The van der Waals surface area contributed by atoms with Crippen LogP contribution < -0.4 is 9.62 Å². The van der Waals surface area contributed by atoms with Gasteiger partial charge < -0.3 is 5.32 Å². The summed E-state index contributed by atoms with van der Waals surface area (Å²) in [5.74, 6) is 0.161. The molecule has 2 rings (SSSR count). The molecule has 0 aromatic heterocycles. The summed E-state index contributed by atoms with van der Waals surface area (Å²) >= 11 is 0. The molecule has 0 aliphatic rings. The molecule has 1 N–H and O–H groups in total. The second-order valence-corrected chi connectivity index (χ2v) is 9.05. The third-order valence-corrected chi connectivity index (χ3v) is 5.73. The number of para-hydroxylation sites is 1. The number of carbonyl (C=O) groups excluding carboxylic acids is 1. The smallest absolute Gasteiger partial charge is 0.232 e. The fraction of sp³-hybridized carbons (Fsp3) is 0.381. The van der Waals surface area contributed by atoms with Crippen LogP contribution >= 0.6 is 0 Å². The molecule has 5 nitrogen and oxygen atoms in total. The predicted molar refractivity (Wildman–Crippen MR) is 112 cm³/mol. The van der Waals surface area contributed by atoms with Gasteiger partial charge in [0, 0.05) is 18.7 Å². The maximum Gasteiger partial charge on any atom is 0.232 e. The first-order chi connectivity index (χ1) is 12.6. The van der Waals surface area contributed by atoms with Gasteiger partial charge in [-0.2, -0.15) is 0 Å². The van der Waals surface area contributed by atoms with E-state index < -0.39 is 10.0 Å². The molecule has 2 aromatic rings. The standard InChI is InChI=1S/C21H28N2O3S/c1-15(2)18-9-11-19(12-10-18)23(27(5,25)26)14-13-20(24)22-21-16(3)7-6-8-17(21)4/h6-12,15H,13-14H2,1-5H3,(H,22,24). The number of hydrogen-bond acceptors (Lipinski definition) is 3. The number of amides is 1. The van der Waals surface area contributed by atoms with Crippen LogP contribution in [0.5, 0.6) is 0 Å².